The summed E-state index contributed by atoms with van der Waals surface area (Å²) in [4.78, 5) is 4.82. The smallest absolute Gasteiger partial charge is 0.203 e. The van der Waals surface area contributed by atoms with Crippen LogP contribution in [0, 0.1) is 6.92 Å². The number of piperazine rings is 1. The lowest BCUT2D eigenvalue weighted by atomic mass is 10.1. The van der Waals surface area contributed by atoms with Crippen LogP contribution in [0.4, 0.5) is 5.69 Å². The van der Waals surface area contributed by atoms with Crippen LogP contribution in [0.3, 0.4) is 0 Å². The molecule has 2 aromatic rings. The minimum absolute atomic E-state index is 0.629. The number of anilines is 1. The molecular formula is C21H27ClN2O3. The van der Waals surface area contributed by atoms with Crippen LogP contribution < -0.4 is 19.1 Å². The van der Waals surface area contributed by atoms with Crippen LogP contribution in [0.25, 0.3) is 0 Å². The Morgan fingerprint density at radius 2 is 1.52 bits per heavy atom. The fourth-order valence-electron chi connectivity index (χ4n) is 3.43. The lowest BCUT2D eigenvalue weighted by Crippen LogP contribution is -2.46. The topological polar surface area (TPSA) is 34.2 Å². The largest absolute Gasteiger partial charge is 0.493 e. The van der Waals surface area contributed by atoms with E-state index in [1.54, 1.807) is 21.3 Å². The third-order valence-electron chi connectivity index (χ3n) is 5.02. The van der Waals surface area contributed by atoms with Gasteiger partial charge in [-0.15, -0.1) is 0 Å². The summed E-state index contributed by atoms with van der Waals surface area (Å²) >= 11 is 6.28. The molecule has 0 N–H and O–H groups in total. The zero-order chi connectivity index (χ0) is 19.4. The van der Waals surface area contributed by atoms with Gasteiger partial charge in [0.05, 0.1) is 21.3 Å². The molecule has 1 aliphatic rings. The highest BCUT2D eigenvalue weighted by molar-refractivity contribution is 6.31. The lowest BCUT2D eigenvalue weighted by Gasteiger charge is -2.36. The summed E-state index contributed by atoms with van der Waals surface area (Å²) in [6.45, 7) is 6.80. The zero-order valence-electron chi connectivity index (χ0n) is 16.4. The first kappa shape index (κ1) is 19.6. The van der Waals surface area contributed by atoms with Gasteiger partial charge in [0.15, 0.2) is 11.5 Å². The van der Waals surface area contributed by atoms with Gasteiger partial charge in [0.25, 0.3) is 0 Å². The highest BCUT2D eigenvalue weighted by Gasteiger charge is 2.20. The van der Waals surface area contributed by atoms with Crippen LogP contribution in [0.5, 0.6) is 17.2 Å². The van der Waals surface area contributed by atoms with Gasteiger partial charge in [-0.3, -0.25) is 4.90 Å². The van der Waals surface area contributed by atoms with Crippen molar-refractivity contribution in [3.05, 3.63) is 46.5 Å². The third-order valence-corrected chi connectivity index (χ3v) is 5.43. The summed E-state index contributed by atoms with van der Waals surface area (Å²) in [5.41, 5.74) is 3.45. The summed E-state index contributed by atoms with van der Waals surface area (Å²) in [7, 11) is 4.91. The van der Waals surface area contributed by atoms with Crippen molar-refractivity contribution in [1.29, 1.82) is 0 Å². The Kier molecular flexibility index (Phi) is 6.34. The Balaban J connectivity index is 1.66. The summed E-state index contributed by atoms with van der Waals surface area (Å²) in [6, 6.07) is 10.3. The van der Waals surface area contributed by atoms with Crippen LogP contribution in [-0.2, 0) is 6.54 Å². The molecule has 0 bridgehead atoms. The van der Waals surface area contributed by atoms with Crippen molar-refractivity contribution >= 4 is 17.3 Å². The average molecular weight is 391 g/mol. The van der Waals surface area contributed by atoms with E-state index in [-0.39, 0.29) is 0 Å². The zero-order valence-corrected chi connectivity index (χ0v) is 17.2. The van der Waals surface area contributed by atoms with Crippen molar-refractivity contribution < 1.29 is 14.2 Å². The van der Waals surface area contributed by atoms with E-state index < -0.39 is 0 Å². The highest BCUT2D eigenvalue weighted by Crippen LogP contribution is 2.38. The molecule has 0 aromatic heterocycles. The molecule has 146 valence electrons. The number of benzene rings is 2. The first-order chi connectivity index (χ1) is 13.0. The van der Waals surface area contributed by atoms with Crippen LogP contribution in [0.15, 0.2) is 30.3 Å². The second-order valence-corrected chi connectivity index (χ2v) is 7.14. The van der Waals surface area contributed by atoms with E-state index in [2.05, 4.69) is 28.0 Å². The van der Waals surface area contributed by atoms with E-state index in [1.165, 1.54) is 5.69 Å². The molecule has 0 spiro atoms. The first-order valence-corrected chi connectivity index (χ1v) is 9.46. The van der Waals surface area contributed by atoms with Crippen molar-refractivity contribution in [3.63, 3.8) is 0 Å². The summed E-state index contributed by atoms with van der Waals surface area (Å²) < 4.78 is 16.3. The molecule has 0 unspecified atom stereocenters. The van der Waals surface area contributed by atoms with Gasteiger partial charge in [0.2, 0.25) is 5.75 Å². The maximum absolute atomic E-state index is 6.28. The Hall–Kier alpha value is -2.11. The molecule has 1 saturated heterocycles. The lowest BCUT2D eigenvalue weighted by molar-refractivity contribution is 0.248. The SMILES string of the molecule is COc1cc(CN2CCN(c3ccc(C)c(Cl)c3)CC2)cc(OC)c1OC. The van der Waals surface area contributed by atoms with Crippen LogP contribution in [-0.4, -0.2) is 52.4 Å². The standard InChI is InChI=1S/C21H27ClN2O3/c1-15-5-6-17(13-18(15)22)24-9-7-23(8-10-24)14-16-11-19(25-2)21(27-4)20(12-16)26-3/h5-6,11-13H,7-10,14H2,1-4H3. The van der Waals surface area contributed by atoms with E-state index in [4.69, 9.17) is 25.8 Å². The number of methoxy groups -OCH3 is 3. The number of ether oxygens (including phenoxy) is 3. The molecule has 0 aliphatic carbocycles. The Labute approximate surface area is 166 Å². The van der Waals surface area contributed by atoms with Crippen molar-refractivity contribution in [2.24, 2.45) is 0 Å². The molecule has 5 nitrogen and oxygen atoms in total. The van der Waals surface area contributed by atoms with Gasteiger partial charge >= 0.3 is 0 Å². The fraction of sp³-hybridized carbons (Fsp3) is 0.429. The number of aryl methyl sites for hydroxylation is 1. The number of rotatable bonds is 6. The van der Waals surface area contributed by atoms with Gasteiger partial charge in [-0.1, -0.05) is 17.7 Å². The van der Waals surface area contributed by atoms with E-state index in [0.717, 1.165) is 48.9 Å². The second-order valence-electron chi connectivity index (χ2n) is 6.73. The quantitative estimate of drug-likeness (QED) is 0.744. The van der Waals surface area contributed by atoms with Gasteiger partial charge in [-0.05, 0) is 42.3 Å². The minimum Gasteiger partial charge on any atom is -0.493 e. The van der Waals surface area contributed by atoms with Crippen LogP contribution in [0.1, 0.15) is 11.1 Å². The van der Waals surface area contributed by atoms with Gasteiger partial charge in [-0.25, -0.2) is 0 Å². The van der Waals surface area contributed by atoms with E-state index in [0.29, 0.717) is 17.2 Å². The molecule has 0 atom stereocenters. The molecule has 1 fully saturated rings. The maximum Gasteiger partial charge on any atom is 0.203 e. The van der Waals surface area contributed by atoms with Crippen molar-refractivity contribution in [3.8, 4) is 17.2 Å². The first-order valence-electron chi connectivity index (χ1n) is 9.08. The molecular weight excluding hydrogens is 364 g/mol. The Bertz CT molecular complexity index is 764. The van der Waals surface area contributed by atoms with Gasteiger partial charge in [0, 0.05) is 43.4 Å². The summed E-state index contributed by atoms with van der Waals surface area (Å²) in [6.07, 6.45) is 0. The fourth-order valence-corrected chi connectivity index (χ4v) is 3.60. The molecule has 6 heteroatoms. The molecule has 2 aromatic carbocycles. The monoisotopic (exact) mass is 390 g/mol. The van der Waals surface area contributed by atoms with E-state index >= 15 is 0 Å². The number of halogens is 1. The molecule has 27 heavy (non-hydrogen) atoms. The number of hydrogen-bond acceptors (Lipinski definition) is 5. The van der Waals surface area contributed by atoms with Crippen LogP contribution in [0.2, 0.25) is 5.02 Å². The Morgan fingerprint density at radius 1 is 0.889 bits per heavy atom. The van der Waals surface area contributed by atoms with E-state index in [9.17, 15) is 0 Å². The van der Waals surface area contributed by atoms with Crippen molar-refractivity contribution in [2.75, 3.05) is 52.4 Å². The molecule has 1 aliphatic heterocycles. The second kappa shape index (κ2) is 8.72. The predicted octanol–water partition coefficient (Wildman–Crippen LogP) is 4.00. The number of hydrogen-bond donors (Lipinski definition) is 0. The normalized spacial score (nSPS) is 14.9. The summed E-state index contributed by atoms with van der Waals surface area (Å²) in [5, 5.41) is 0.826. The average Bonchev–Trinajstić information content (AvgIpc) is 2.69. The molecule has 0 radical (unpaired) electrons. The van der Waals surface area contributed by atoms with Gasteiger partial charge in [-0.2, -0.15) is 0 Å². The Morgan fingerprint density at radius 3 is 2.04 bits per heavy atom. The molecule has 0 saturated carbocycles. The molecule has 1 heterocycles. The van der Waals surface area contributed by atoms with Gasteiger partial charge < -0.3 is 19.1 Å². The summed E-state index contributed by atoms with van der Waals surface area (Å²) in [5.74, 6) is 2.02. The van der Waals surface area contributed by atoms with E-state index in [1.807, 2.05) is 19.1 Å². The third kappa shape index (κ3) is 4.42. The molecule has 0 amide bonds. The minimum atomic E-state index is 0.629. The predicted molar refractivity (Wildman–Crippen MR) is 110 cm³/mol. The molecule has 3 rings (SSSR count). The number of nitrogens with zero attached hydrogens (tertiary/aromatic N) is 2. The maximum atomic E-state index is 6.28. The van der Waals surface area contributed by atoms with Crippen molar-refractivity contribution in [1.82, 2.24) is 4.90 Å². The van der Waals surface area contributed by atoms with Crippen molar-refractivity contribution in [2.45, 2.75) is 13.5 Å². The van der Waals surface area contributed by atoms with Gasteiger partial charge in [0.1, 0.15) is 0 Å². The highest BCUT2D eigenvalue weighted by atomic mass is 35.5. The van der Waals surface area contributed by atoms with Crippen LogP contribution >= 0.6 is 11.6 Å².